The van der Waals surface area contributed by atoms with Crippen LogP contribution in [0.1, 0.15) is 19.3 Å². The van der Waals surface area contributed by atoms with E-state index in [0.717, 1.165) is 28.5 Å². The Kier molecular flexibility index (Phi) is 2.53. The molecule has 1 aliphatic heterocycles. The summed E-state index contributed by atoms with van der Waals surface area (Å²) in [6, 6.07) is 7.64. The van der Waals surface area contributed by atoms with Gasteiger partial charge in [0.2, 0.25) is 11.8 Å². The van der Waals surface area contributed by atoms with E-state index in [2.05, 4.69) is 22.6 Å². The highest BCUT2D eigenvalue weighted by molar-refractivity contribution is 14.1. The van der Waals surface area contributed by atoms with Gasteiger partial charge < -0.3 is 0 Å². The molecule has 1 heterocycles. The van der Waals surface area contributed by atoms with Crippen LogP contribution in [0.5, 0.6) is 0 Å². The Hall–Kier alpha value is -0.910. The molecule has 4 rings (SSSR count). The molecule has 4 heteroatoms. The summed E-state index contributed by atoms with van der Waals surface area (Å²) in [5.74, 6) is 0.962. The van der Waals surface area contributed by atoms with Crippen LogP contribution >= 0.6 is 22.6 Å². The molecule has 3 aliphatic rings. The molecule has 4 atom stereocenters. The number of carbonyl (C=O) groups excluding carboxylic acids is 2. The standard InChI is InChI=1S/C15H14INO2/c16-10-3-5-11(6-4-10)17-14(18)12-8-1-2-9(7-8)13(12)15(17)19/h3-6,8-9,12-13H,1-2,7H2/t8-,9-,12-,13+/m0/s1. The number of rotatable bonds is 1. The highest BCUT2D eigenvalue weighted by Crippen LogP contribution is 2.56. The van der Waals surface area contributed by atoms with Gasteiger partial charge >= 0.3 is 0 Å². The van der Waals surface area contributed by atoms with Gasteiger partial charge in [0, 0.05) is 3.57 Å². The van der Waals surface area contributed by atoms with Crippen LogP contribution in [-0.4, -0.2) is 11.8 Å². The van der Waals surface area contributed by atoms with Crippen molar-refractivity contribution in [1.29, 1.82) is 0 Å². The highest BCUT2D eigenvalue weighted by atomic mass is 127. The molecule has 0 spiro atoms. The van der Waals surface area contributed by atoms with Crippen molar-refractivity contribution >= 4 is 40.1 Å². The van der Waals surface area contributed by atoms with Crippen LogP contribution in [0.15, 0.2) is 24.3 Å². The maximum absolute atomic E-state index is 12.6. The summed E-state index contributed by atoms with van der Waals surface area (Å²) in [4.78, 5) is 26.6. The molecule has 3 nitrogen and oxygen atoms in total. The van der Waals surface area contributed by atoms with E-state index in [9.17, 15) is 9.59 Å². The lowest BCUT2D eigenvalue weighted by atomic mass is 9.81. The third-order valence-electron chi connectivity index (χ3n) is 5.01. The molecule has 2 amide bonds. The Balaban J connectivity index is 1.73. The van der Waals surface area contributed by atoms with Gasteiger partial charge in [-0.3, -0.25) is 14.5 Å². The molecule has 0 radical (unpaired) electrons. The summed E-state index contributed by atoms with van der Waals surface area (Å²) >= 11 is 2.23. The predicted molar refractivity (Wildman–Crippen MR) is 79.5 cm³/mol. The third kappa shape index (κ3) is 1.55. The highest BCUT2D eigenvalue weighted by Gasteiger charge is 2.61. The number of benzene rings is 1. The van der Waals surface area contributed by atoms with Gasteiger partial charge in [0.15, 0.2) is 0 Å². The number of fused-ring (bicyclic) bond motifs is 5. The summed E-state index contributed by atoms with van der Waals surface area (Å²) in [6.07, 6.45) is 3.35. The number of carbonyl (C=O) groups is 2. The number of halogens is 1. The second kappa shape index (κ2) is 4.04. The van der Waals surface area contributed by atoms with Crippen LogP contribution < -0.4 is 4.90 Å². The quantitative estimate of drug-likeness (QED) is 0.566. The first-order valence-corrected chi connectivity index (χ1v) is 7.88. The van der Waals surface area contributed by atoms with Crippen molar-refractivity contribution in [3.63, 3.8) is 0 Å². The van der Waals surface area contributed by atoms with E-state index in [4.69, 9.17) is 0 Å². The van der Waals surface area contributed by atoms with E-state index in [0.29, 0.717) is 11.8 Å². The average molecular weight is 367 g/mol. The summed E-state index contributed by atoms with van der Waals surface area (Å²) in [6.45, 7) is 0. The Morgan fingerprint density at radius 3 is 2.00 bits per heavy atom. The lowest BCUT2D eigenvalue weighted by Gasteiger charge is -2.19. The van der Waals surface area contributed by atoms with Gasteiger partial charge in [0.25, 0.3) is 0 Å². The van der Waals surface area contributed by atoms with E-state index in [1.807, 2.05) is 24.3 Å². The second-order valence-corrected chi connectivity index (χ2v) is 7.12. The van der Waals surface area contributed by atoms with E-state index in [-0.39, 0.29) is 23.7 Å². The molecule has 3 fully saturated rings. The molecule has 0 aromatic heterocycles. The molecule has 2 aliphatic carbocycles. The molecule has 0 unspecified atom stereocenters. The smallest absolute Gasteiger partial charge is 0.237 e. The van der Waals surface area contributed by atoms with Gasteiger partial charge in [-0.1, -0.05) is 0 Å². The maximum atomic E-state index is 12.6. The van der Waals surface area contributed by atoms with Crippen LogP contribution in [0.3, 0.4) is 0 Å². The van der Waals surface area contributed by atoms with Crippen molar-refractivity contribution in [3.8, 4) is 0 Å². The minimum absolute atomic E-state index is 0.0227. The summed E-state index contributed by atoms with van der Waals surface area (Å²) in [5, 5.41) is 0. The molecule has 1 aromatic rings. The molecule has 2 saturated carbocycles. The van der Waals surface area contributed by atoms with Crippen molar-refractivity contribution < 1.29 is 9.59 Å². The lowest BCUT2D eigenvalue weighted by Crippen LogP contribution is -2.32. The number of anilines is 1. The predicted octanol–water partition coefficient (Wildman–Crippen LogP) is 2.83. The monoisotopic (exact) mass is 367 g/mol. The molecule has 98 valence electrons. The van der Waals surface area contributed by atoms with E-state index in [1.54, 1.807) is 0 Å². The average Bonchev–Trinajstić information content (AvgIpc) is 3.06. The van der Waals surface area contributed by atoms with Crippen LogP contribution in [0.4, 0.5) is 5.69 Å². The van der Waals surface area contributed by atoms with Gasteiger partial charge in [-0.2, -0.15) is 0 Å². The summed E-state index contributed by atoms with van der Waals surface area (Å²) < 4.78 is 1.11. The second-order valence-electron chi connectivity index (χ2n) is 5.87. The fourth-order valence-electron chi connectivity index (χ4n) is 4.25. The topological polar surface area (TPSA) is 37.4 Å². The first kappa shape index (κ1) is 11.9. The molecule has 2 bridgehead atoms. The third-order valence-corrected chi connectivity index (χ3v) is 5.73. The Morgan fingerprint density at radius 1 is 0.947 bits per heavy atom. The first-order valence-electron chi connectivity index (χ1n) is 6.80. The van der Waals surface area contributed by atoms with Crippen molar-refractivity contribution in [2.45, 2.75) is 19.3 Å². The molecule has 19 heavy (non-hydrogen) atoms. The maximum Gasteiger partial charge on any atom is 0.237 e. The fraction of sp³-hybridized carbons (Fsp3) is 0.467. The molecule has 1 aromatic carbocycles. The fourth-order valence-corrected chi connectivity index (χ4v) is 4.61. The Morgan fingerprint density at radius 2 is 1.47 bits per heavy atom. The van der Waals surface area contributed by atoms with Gasteiger partial charge in [-0.15, -0.1) is 0 Å². The lowest BCUT2D eigenvalue weighted by molar-refractivity contribution is -0.123. The number of hydrogen-bond donors (Lipinski definition) is 0. The first-order chi connectivity index (χ1) is 9.16. The zero-order valence-electron chi connectivity index (χ0n) is 10.4. The molecule has 1 saturated heterocycles. The van der Waals surface area contributed by atoms with Crippen LogP contribution in [-0.2, 0) is 9.59 Å². The van der Waals surface area contributed by atoms with Gasteiger partial charge in [0.1, 0.15) is 0 Å². The van der Waals surface area contributed by atoms with Gasteiger partial charge in [0.05, 0.1) is 17.5 Å². The minimum Gasteiger partial charge on any atom is -0.274 e. The van der Waals surface area contributed by atoms with Crippen molar-refractivity contribution in [2.24, 2.45) is 23.7 Å². The zero-order chi connectivity index (χ0) is 13.1. The normalized spacial score (nSPS) is 36.2. The van der Waals surface area contributed by atoms with Crippen molar-refractivity contribution in [2.75, 3.05) is 4.90 Å². The largest absolute Gasteiger partial charge is 0.274 e. The van der Waals surface area contributed by atoms with E-state index in [1.165, 1.54) is 4.90 Å². The summed E-state index contributed by atoms with van der Waals surface area (Å²) in [7, 11) is 0. The van der Waals surface area contributed by atoms with E-state index < -0.39 is 0 Å². The Bertz CT molecular complexity index is 540. The number of imide groups is 1. The SMILES string of the molecule is O=C1[C@@H]2[C@H]3CC[C@@H](C3)[C@@H]2C(=O)N1c1ccc(I)cc1. The van der Waals surface area contributed by atoms with Crippen LogP contribution in [0, 0.1) is 27.2 Å². The van der Waals surface area contributed by atoms with E-state index >= 15 is 0 Å². The number of nitrogens with zero attached hydrogens (tertiary/aromatic N) is 1. The number of amides is 2. The van der Waals surface area contributed by atoms with Crippen molar-refractivity contribution in [3.05, 3.63) is 27.8 Å². The molecule has 0 N–H and O–H groups in total. The van der Waals surface area contributed by atoms with Gasteiger partial charge in [-0.25, -0.2) is 0 Å². The van der Waals surface area contributed by atoms with Crippen LogP contribution in [0.25, 0.3) is 0 Å². The van der Waals surface area contributed by atoms with Crippen molar-refractivity contribution in [1.82, 2.24) is 0 Å². The zero-order valence-corrected chi connectivity index (χ0v) is 12.5. The number of hydrogen-bond acceptors (Lipinski definition) is 2. The Labute approximate surface area is 125 Å². The minimum atomic E-state index is -0.0227. The van der Waals surface area contributed by atoms with Crippen LogP contribution in [0.2, 0.25) is 0 Å². The van der Waals surface area contributed by atoms with Gasteiger partial charge in [-0.05, 0) is 78.0 Å². The summed E-state index contributed by atoms with van der Waals surface area (Å²) in [5.41, 5.74) is 0.740. The molecular weight excluding hydrogens is 353 g/mol. The molecular formula is C15H14INO2.